The number of nitrogens with one attached hydrogen (secondary N) is 1. The number of rotatable bonds is 6. The molecule has 1 atom stereocenters. The van der Waals surface area contributed by atoms with Crippen LogP contribution in [-0.2, 0) is 11.8 Å². The maximum Gasteiger partial charge on any atom is 0.258 e. The van der Waals surface area contributed by atoms with E-state index in [-0.39, 0.29) is 12.5 Å². The highest BCUT2D eigenvalue weighted by Gasteiger charge is 2.23. The van der Waals surface area contributed by atoms with Gasteiger partial charge in [0.25, 0.3) is 5.91 Å². The van der Waals surface area contributed by atoms with Gasteiger partial charge in [0.2, 0.25) is 0 Å². The number of imidazole rings is 1. The molecule has 0 saturated carbocycles. The van der Waals surface area contributed by atoms with Crippen molar-refractivity contribution in [3.05, 3.63) is 82.6 Å². The second-order valence-electron chi connectivity index (χ2n) is 6.12. The molecule has 7 heteroatoms. The van der Waals surface area contributed by atoms with Gasteiger partial charge >= 0.3 is 0 Å². The van der Waals surface area contributed by atoms with Crippen LogP contribution in [0.4, 0.5) is 4.39 Å². The number of hydrogen-bond acceptors (Lipinski definition) is 3. The third kappa shape index (κ3) is 4.46. The number of ether oxygens (including phenoxy) is 1. The summed E-state index contributed by atoms with van der Waals surface area (Å²) >= 11 is 5.99. The highest BCUT2D eigenvalue weighted by molar-refractivity contribution is 6.31. The van der Waals surface area contributed by atoms with Crippen LogP contribution >= 0.6 is 11.6 Å². The maximum atomic E-state index is 14.3. The minimum absolute atomic E-state index is 0.212. The Morgan fingerprint density at radius 3 is 2.78 bits per heavy atom. The second kappa shape index (κ2) is 8.22. The molecule has 1 N–H and O–H groups in total. The first-order chi connectivity index (χ1) is 13.0. The van der Waals surface area contributed by atoms with Gasteiger partial charge in [-0.2, -0.15) is 0 Å². The van der Waals surface area contributed by atoms with Crippen LogP contribution in [0.2, 0.25) is 5.02 Å². The molecule has 0 bridgehead atoms. The number of benzene rings is 2. The van der Waals surface area contributed by atoms with Crippen LogP contribution in [0.25, 0.3) is 0 Å². The lowest BCUT2D eigenvalue weighted by Gasteiger charge is -2.20. The Morgan fingerprint density at radius 1 is 1.33 bits per heavy atom. The number of hydrogen-bond donors (Lipinski definition) is 1. The van der Waals surface area contributed by atoms with Gasteiger partial charge in [-0.25, -0.2) is 9.37 Å². The molecule has 3 aromatic rings. The summed E-state index contributed by atoms with van der Waals surface area (Å²) in [6.07, 6.45) is 3.34. The Labute approximate surface area is 161 Å². The fourth-order valence-corrected chi connectivity index (χ4v) is 2.82. The molecular weight excluding hydrogens is 369 g/mol. The average molecular weight is 388 g/mol. The number of carbonyl (C=O) groups is 1. The lowest BCUT2D eigenvalue weighted by atomic mass is 10.1. The minimum Gasteiger partial charge on any atom is -0.484 e. The Hall–Kier alpha value is -2.86. The van der Waals surface area contributed by atoms with Crippen LogP contribution in [-0.4, -0.2) is 22.1 Å². The molecule has 0 spiro atoms. The summed E-state index contributed by atoms with van der Waals surface area (Å²) < 4.78 is 21.6. The lowest BCUT2D eigenvalue weighted by Crippen LogP contribution is -2.35. The summed E-state index contributed by atoms with van der Waals surface area (Å²) in [5, 5.41) is 3.43. The van der Waals surface area contributed by atoms with E-state index >= 15 is 0 Å². The number of carbonyl (C=O) groups excluding carboxylic acids is 1. The molecule has 0 unspecified atom stereocenters. The van der Waals surface area contributed by atoms with Crippen molar-refractivity contribution in [1.82, 2.24) is 14.9 Å². The van der Waals surface area contributed by atoms with Crippen molar-refractivity contribution in [2.24, 2.45) is 7.05 Å². The number of nitrogens with zero attached hydrogens (tertiary/aromatic N) is 2. The molecule has 2 aromatic carbocycles. The molecule has 0 aliphatic rings. The van der Waals surface area contributed by atoms with Crippen LogP contribution in [0.15, 0.2) is 54.9 Å². The van der Waals surface area contributed by atoms with E-state index in [0.29, 0.717) is 22.2 Å². The van der Waals surface area contributed by atoms with Gasteiger partial charge in [0.1, 0.15) is 23.4 Å². The van der Waals surface area contributed by atoms with Crippen LogP contribution in [0.3, 0.4) is 0 Å². The molecule has 5 nitrogen and oxygen atoms in total. The van der Waals surface area contributed by atoms with Crippen molar-refractivity contribution in [2.45, 2.75) is 13.0 Å². The summed E-state index contributed by atoms with van der Waals surface area (Å²) in [5.74, 6) is 0.251. The summed E-state index contributed by atoms with van der Waals surface area (Å²) in [4.78, 5) is 16.7. The van der Waals surface area contributed by atoms with E-state index in [4.69, 9.17) is 16.3 Å². The SMILES string of the molecule is Cc1cc(OCC(=O)N[C@@H](c2ccccc2F)c2nccn2C)ccc1Cl. The van der Waals surface area contributed by atoms with E-state index in [0.717, 1.165) is 5.56 Å². The monoisotopic (exact) mass is 387 g/mol. The fourth-order valence-electron chi connectivity index (χ4n) is 2.70. The summed E-state index contributed by atoms with van der Waals surface area (Å²) in [6.45, 7) is 1.64. The maximum absolute atomic E-state index is 14.3. The summed E-state index contributed by atoms with van der Waals surface area (Å²) in [5.41, 5.74) is 1.19. The van der Waals surface area contributed by atoms with Crippen LogP contribution < -0.4 is 10.1 Å². The van der Waals surface area contributed by atoms with Crippen molar-refractivity contribution in [1.29, 1.82) is 0 Å². The first-order valence-electron chi connectivity index (χ1n) is 8.35. The second-order valence-corrected chi connectivity index (χ2v) is 6.53. The molecule has 1 heterocycles. The predicted octanol–water partition coefficient (Wildman–Crippen LogP) is 3.81. The van der Waals surface area contributed by atoms with Gasteiger partial charge in [-0.15, -0.1) is 0 Å². The molecule has 1 aromatic heterocycles. The van der Waals surface area contributed by atoms with Crippen LogP contribution in [0, 0.1) is 12.7 Å². The smallest absolute Gasteiger partial charge is 0.258 e. The normalized spacial score (nSPS) is 11.9. The standard InChI is InChI=1S/C20H19ClFN3O2/c1-13-11-14(7-8-16(13)21)27-12-18(26)24-19(20-23-9-10-25(20)2)15-5-3-4-6-17(15)22/h3-11,19H,12H2,1-2H3,(H,24,26)/t19-/m0/s1. The van der Waals surface area contributed by atoms with Gasteiger partial charge in [0.05, 0.1) is 0 Å². The third-order valence-electron chi connectivity index (χ3n) is 4.14. The molecule has 0 aliphatic carbocycles. The number of halogens is 2. The van der Waals surface area contributed by atoms with E-state index in [1.165, 1.54) is 6.07 Å². The molecular formula is C20H19ClFN3O2. The molecule has 3 rings (SSSR count). The van der Waals surface area contributed by atoms with Gasteiger partial charge in [0, 0.05) is 30.0 Å². The molecule has 140 valence electrons. The number of amides is 1. The largest absolute Gasteiger partial charge is 0.484 e. The van der Waals surface area contributed by atoms with E-state index < -0.39 is 11.9 Å². The van der Waals surface area contributed by atoms with Crippen molar-refractivity contribution >= 4 is 17.5 Å². The Kier molecular flexibility index (Phi) is 5.76. The van der Waals surface area contributed by atoms with Crippen LogP contribution in [0.5, 0.6) is 5.75 Å². The minimum atomic E-state index is -0.728. The van der Waals surface area contributed by atoms with E-state index in [2.05, 4.69) is 10.3 Å². The van der Waals surface area contributed by atoms with E-state index in [1.54, 1.807) is 60.4 Å². The number of aryl methyl sites for hydroxylation is 2. The van der Waals surface area contributed by atoms with Gasteiger partial charge in [-0.1, -0.05) is 29.8 Å². The van der Waals surface area contributed by atoms with Crippen molar-refractivity contribution in [3.8, 4) is 5.75 Å². The Balaban J connectivity index is 1.76. The Morgan fingerprint density at radius 2 is 2.11 bits per heavy atom. The predicted molar refractivity (Wildman–Crippen MR) is 101 cm³/mol. The average Bonchev–Trinajstić information content (AvgIpc) is 3.07. The first kappa shape index (κ1) is 18.9. The molecule has 0 aliphatic heterocycles. The topological polar surface area (TPSA) is 56.1 Å². The van der Waals surface area contributed by atoms with Crippen molar-refractivity contribution in [3.63, 3.8) is 0 Å². The van der Waals surface area contributed by atoms with Crippen molar-refractivity contribution < 1.29 is 13.9 Å². The van der Waals surface area contributed by atoms with Crippen molar-refractivity contribution in [2.75, 3.05) is 6.61 Å². The molecule has 1 amide bonds. The van der Waals surface area contributed by atoms with Gasteiger partial charge in [0.15, 0.2) is 6.61 Å². The number of aromatic nitrogens is 2. The zero-order chi connectivity index (χ0) is 19.4. The quantitative estimate of drug-likeness (QED) is 0.699. The van der Waals surface area contributed by atoms with E-state index in [9.17, 15) is 9.18 Å². The van der Waals surface area contributed by atoms with Gasteiger partial charge in [-0.05, 0) is 36.8 Å². The third-order valence-corrected chi connectivity index (χ3v) is 4.56. The highest BCUT2D eigenvalue weighted by Crippen LogP contribution is 2.24. The Bertz CT molecular complexity index is 958. The summed E-state index contributed by atoms with van der Waals surface area (Å²) in [7, 11) is 1.79. The first-order valence-corrected chi connectivity index (χ1v) is 8.73. The molecule has 0 radical (unpaired) electrons. The summed E-state index contributed by atoms with van der Waals surface area (Å²) in [6, 6.07) is 10.7. The van der Waals surface area contributed by atoms with Gasteiger partial charge < -0.3 is 14.6 Å². The zero-order valence-electron chi connectivity index (χ0n) is 14.9. The molecule has 27 heavy (non-hydrogen) atoms. The molecule has 0 fully saturated rings. The lowest BCUT2D eigenvalue weighted by molar-refractivity contribution is -0.123. The highest BCUT2D eigenvalue weighted by atomic mass is 35.5. The molecule has 0 saturated heterocycles. The van der Waals surface area contributed by atoms with E-state index in [1.807, 2.05) is 6.92 Å². The zero-order valence-corrected chi connectivity index (χ0v) is 15.7. The van der Waals surface area contributed by atoms with Gasteiger partial charge in [-0.3, -0.25) is 4.79 Å². The fraction of sp³-hybridized carbons (Fsp3) is 0.200. The van der Waals surface area contributed by atoms with Crippen LogP contribution in [0.1, 0.15) is 23.0 Å².